The van der Waals surface area contributed by atoms with E-state index >= 15 is 0 Å². The van der Waals surface area contributed by atoms with Gasteiger partial charge in [0.15, 0.2) is 0 Å². The first kappa shape index (κ1) is 17.7. The van der Waals surface area contributed by atoms with Gasteiger partial charge in [-0.2, -0.15) is 0 Å². The average molecular weight is 352 g/mol. The molecule has 1 heterocycles. The van der Waals surface area contributed by atoms with Crippen molar-refractivity contribution >= 4 is 17.9 Å². The van der Waals surface area contributed by atoms with Crippen molar-refractivity contribution in [3.05, 3.63) is 71.3 Å². The van der Waals surface area contributed by atoms with Gasteiger partial charge in [-0.05, 0) is 36.1 Å². The smallest absolute Gasteiger partial charge is 0.337 e. The fraction of sp³-hybridized carbons (Fsp3) is 0.250. The number of carbonyl (C=O) groups is 3. The molecule has 1 N–H and O–H groups in total. The largest absolute Gasteiger partial charge is 0.465 e. The molecular formula is C20H20N2O4. The van der Waals surface area contributed by atoms with E-state index in [-0.39, 0.29) is 18.5 Å². The lowest BCUT2D eigenvalue weighted by Gasteiger charge is -2.13. The van der Waals surface area contributed by atoms with E-state index in [1.165, 1.54) is 12.0 Å². The second kappa shape index (κ2) is 7.82. The van der Waals surface area contributed by atoms with E-state index in [4.69, 9.17) is 0 Å². The van der Waals surface area contributed by atoms with Crippen LogP contribution in [-0.4, -0.2) is 36.0 Å². The number of benzene rings is 2. The van der Waals surface area contributed by atoms with Gasteiger partial charge in [-0.25, -0.2) is 9.59 Å². The number of nitrogens with zero attached hydrogens (tertiary/aromatic N) is 1. The summed E-state index contributed by atoms with van der Waals surface area (Å²) in [6, 6.07) is 15.6. The van der Waals surface area contributed by atoms with Crippen LogP contribution in [0.4, 0.5) is 4.79 Å². The molecule has 0 saturated carbocycles. The highest BCUT2D eigenvalue weighted by atomic mass is 16.5. The first-order chi connectivity index (χ1) is 12.6. The Bertz CT molecular complexity index is 802. The van der Waals surface area contributed by atoms with Crippen LogP contribution < -0.4 is 5.32 Å². The summed E-state index contributed by atoms with van der Waals surface area (Å²) < 4.78 is 4.65. The molecule has 0 radical (unpaired) electrons. The number of hydrogen-bond donors (Lipinski definition) is 1. The van der Waals surface area contributed by atoms with Gasteiger partial charge in [-0.15, -0.1) is 0 Å². The lowest BCUT2D eigenvalue weighted by molar-refractivity contribution is -0.128. The van der Waals surface area contributed by atoms with Crippen molar-refractivity contribution < 1.29 is 19.1 Å². The van der Waals surface area contributed by atoms with Gasteiger partial charge < -0.3 is 10.1 Å². The average Bonchev–Trinajstić information content (AvgIpc) is 2.94. The minimum Gasteiger partial charge on any atom is -0.465 e. The number of carbonyl (C=O) groups excluding carboxylic acids is 3. The molecule has 1 unspecified atom stereocenters. The Kier molecular flexibility index (Phi) is 5.31. The number of nitrogens with one attached hydrogen (secondary N) is 1. The van der Waals surface area contributed by atoms with Crippen molar-refractivity contribution in [2.75, 3.05) is 7.11 Å². The molecule has 0 aliphatic carbocycles. The maximum absolute atomic E-state index is 12.5. The molecule has 1 aliphatic rings. The number of urea groups is 1. The van der Waals surface area contributed by atoms with Crippen LogP contribution in [0.5, 0.6) is 0 Å². The zero-order valence-corrected chi connectivity index (χ0v) is 14.5. The molecule has 2 aromatic carbocycles. The lowest BCUT2D eigenvalue weighted by Crippen LogP contribution is -2.31. The highest BCUT2D eigenvalue weighted by Crippen LogP contribution is 2.16. The van der Waals surface area contributed by atoms with Crippen molar-refractivity contribution in [3.63, 3.8) is 0 Å². The monoisotopic (exact) mass is 352 g/mol. The zero-order chi connectivity index (χ0) is 18.5. The molecular weight excluding hydrogens is 332 g/mol. The van der Waals surface area contributed by atoms with E-state index in [9.17, 15) is 14.4 Å². The summed E-state index contributed by atoms with van der Waals surface area (Å²) in [5.41, 5.74) is 2.32. The van der Waals surface area contributed by atoms with Gasteiger partial charge in [0, 0.05) is 0 Å². The lowest BCUT2D eigenvalue weighted by atomic mass is 10.1. The summed E-state index contributed by atoms with van der Waals surface area (Å²) in [4.78, 5) is 37.3. The van der Waals surface area contributed by atoms with Crippen molar-refractivity contribution in [1.82, 2.24) is 10.2 Å². The van der Waals surface area contributed by atoms with Crippen molar-refractivity contribution in [1.29, 1.82) is 0 Å². The molecule has 1 saturated heterocycles. The molecule has 2 aromatic rings. The number of amides is 3. The van der Waals surface area contributed by atoms with Crippen LogP contribution in [0.1, 0.15) is 27.9 Å². The molecule has 3 rings (SSSR count). The first-order valence-electron chi connectivity index (χ1n) is 8.41. The SMILES string of the molecule is COC(=O)c1ccc(CN2C(=O)NC(CCc3ccccc3)C2=O)cc1. The molecule has 0 bridgehead atoms. The molecule has 26 heavy (non-hydrogen) atoms. The third kappa shape index (κ3) is 3.91. The standard InChI is InChI=1S/C20H20N2O4/c1-26-19(24)16-10-7-15(8-11-16)13-22-18(23)17(21-20(22)25)12-9-14-5-3-2-4-6-14/h2-8,10-11,17H,9,12-13H2,1H3,(H,21,25). The molecule has 1 aliphatic heterocycles. The zero-order valence-electron chi connectivity index (χ0n) is 14.5. The summed E-state index contributed by atoms with van der Waals surface area (Å²) in [6.07, 6.45) is 1.28. The number of methoxy groups -OCH3 is 1. The normalized spacial score (nSPS) is 16.5. The Hall–Kier alpha value is -3.15. The van der Waals surface area contributed by atoms with Crippen molar-refractivity contribution in [2.45, 2.75) is 25.4 Å². The molecule has 0 spiro atoms. The summed E-state index contributed by atoms with van der Waals surface area (Å²) in [7, 11) is 1.32. The Labute approximate surface area is 151 Å². The Balaban J connectivity index is 1.61. The van der Waals surface area contributed by atoms with Gasteiger partial charge in [-0.3, -0.25) is 9.69 Å². The number of hydrogen-bond acceptors (Lipinski definition) is 4. The fourth-order valence-corrected chi connectivity index (χ4v) is 2.92. The Morgan fingerprint density at radius 1 is 1.04 bits per heavy atom. The molecule has 6 nitrogen and oxygen atoms in total. The number of ether oxygens (including phenoxy) is 1. The van der Waals surface area contributed by atoms with E-state index in [0.29, 0.717) is 12.0 Å². The predicted octanol–water partition coefficient (Wildman–Crippen LogP) is 2.53. The highest BCUT2D eigenvalue weighted by molar-refractivity contribution is 6.04. The number of rotatable bonds is 6. The Morgan fingerprint density at radius 3 is 2.38 bits per heavy atom. The third-order valence-corrected chi connectivity index (χ3v) is 4.39. The number of imide groups is 1. The van der Waals surface area contributed by atoms with Gasteiger partial charge in [0.1, 0.15) is 6.04 Å². The maximum Gasteiger partial charge on any atom is 0.337 e. The third-order valence-electron chi connectivity index (χ3n) is 4.39. The number of esters is 1. The van der Waals surface area contributed by atoms with Crippen LogP contribution in [0.2, 0.25) is 0 Å². The molecule has 6 heteroatoms. The molecule has 3 amide bonds. The van der Waals surface area contributed by atoms with Crippen LogP contribution in [0.15, 0.2) is 54.6 Å². The van der Waals surface area contributed by atoms with E-state index < -0.39 is 12.0 Å². The van der Waals surface area contributed by atoms with Gasteiger partial charge in [0.25, 0.3) is 5.91 Å². The van der Waals surface area contributed by atoms with Gasteiger partial charge in [0.2, 0.25) is 0 Å². The topological polar surface area (TPSA) is 75.7 Å². The van der Waals surface area contributed by atoms with Gasteiger partial charge >= 0.3 is 12.0 Å². The summed E-state index contributed by atoms with van der Waals surface area (Å²) >= 11 is 0. The summed E-state index contributed by atoms with van der Waals surface area (Å²) in [6.45, 7) is 0.175. The molecule has 134 valence electrons. The maximum atomic E-state index is 12.5. The van der Waals surface area contributed by atoms with Crippen LogP contribution in [0.25, 0.3) is 0 Å². The minimum absolute atomic E-state index is 0.175. The van der Waals surface area contributed by atoms with Crippen LogP contribution >= 0.6 is 0 Å². The van der Waals surface area contributed by atoms with Gasteiger partial charge in [-0.1, -0.05) is 42.5 Å². The quantitative estimate of drug-likeness (QED) is 0.640. The van der Waals surface area contributed by atoms with E-state index in [0.717, 1.165) is 17.5 Å². The van der Waals surface area contributed by atoms with Crippen molar-refractivity contribution in [2.24, 2.45) is 0 Å². The summed E-state index contributed by atoms with van der Waals surface area (Å²) in [5, 5.41) is 2.75. The molecule has 0 aromatic heterocycles. The van der Waals surface area contributed by atoms with E-state index in [2.05, 4.69) is 10.1 Å². The van der Waals surface area contributed by atoms with Crippen LogP contribution in [0.3, 0.4) is 0 Å². The molecule has 1 atom stereocenters. The van der Waals surface area contributed by atoms with Crippen LogP contribution in [-0.2, 0) is 22.5 Å². The predicted molar refractivity (Wildman–Crippen MR) is 95.4 cm³/mol. The van der Waals surface area contributed by atoms with Crippen LogP contribution in [0, 0.1) is 0 Å². The number of aryl methyl sites for hydroxylation is 1. The second-order valence-corrected chi connectivity index (χ2v) is 6.14. The first-order valence-corrected chi connectivity index (χ1v) is 8.41. The van der Waals surface area contributed by atoms with Gasteiger partial charge in [0.05, 0.1) is 19.2 Å². The highest BCUT2D eigenvalue weighted by Gasteiger charge is 2.37. The minimum atomic E-state index is -0.503. The Morgan fingerprint density at radius 2 is 1.73 bits per heavy atom. The fourth-order valence-electron chi connectivity index (χ4n) is 2.92. The van der Waals surface area contributed by atoms with E-state index in [1.54, 1.807) is 24.3 Å². The summed E-state index contributed by atoms with van der Waals surface area (Å²) in [5.74, 6) is -0.643. The second-order valence-electron chi connectivity index (χ2n) is 6.14. The van der Waals surface area contributed by atoms with E-state index in [1.807, 2.05) is 30.3 Å². The van der Waals surface area contributed by atoms with Crippen molar-refractivity contribution in [3.8, 4) is 0 Å². The molecule has 1 fully saturated rings.